The number of ether oxygens (including phenoxy) is 1. The van der Waals surface area contributed by atoms with Crippen LogP contribution in [0.2, 0.25) is 0 Å². The van der Waals surface area contributed by atoms with Gasteiger partial charge in [0.1, 0.15) is 6.33 Å². The molecule has 1 atom stereocenters. The maximum Gasteiger partial charge on any atom is 0.236 e. The fourth-order valence-corrected chi connectivity index (χ4v) is 3.90. The smallest absolute Gasteiger partial charge is 0.236 e. The number of methoxy groups -OCH3 is 1. The Hall–Kier alpha value is -2.06. The number of amides is 1. The Balaban J connectivity index is 1.52. The minimum Gasteiger partial charge on any atom is -0.383 e. The molecule has 1 aliphatic heterocycles. The Bertz CT molecular complexity index is 701. The quantitative estimate of drug-likeness (QED) is 0.687. The zero-order chi connectivity index (χ0) is 18.4. The molecule has 140 valence electrons. The summed E-state index contributed by atoms with van der Waals surface area (Å²) >= 11 is 1.46. The topological polar surface area (TPSA) is 63.5 Å². The van der Waals surface area contributed by atoms with Crippen LogP contribution in [0, 0.1) is 0 Å². The van der Waals surface area contributed by atoms with Crippen molar-refractivity contribution in [3.05, 3.63) is 36.7 Å². The standard InChI is InChI=1S/C18H25N5O2S/c1-15(26-18-20-19-14-23(18)12-13-25-2)17(24)22-10-8-21(9-11-22)16-6-4-3-5-7-16/h3-7,14-15H,8-13H2,1-2H3. The third-order valence-corrected chi connectivity index (χ3v) is 5.54. The van der Waals surface area contributed by atoms with E-state index >= 15 is 0 Å². The first-order chi connectivity index (χ1) is 12.7. The summed E-state index contributed by atoms with van der Waals surface area (Å²) in [5.41, 5.74) is 1.22. The molecule has 1 aliphatic rings. The second kappa shape index (κ2) is 9.05. The molecular weight excluding hydrogens is 350 g/mol. The van der Waals surface area contributed by atoms with Crippen molar-refractivity contribution in [3.8, 4) is 0 Å². The summed E-state index contributed by atoms with van der Waals surface area (Å²) in [4.78, 5) is 17.1. The summed E-state index contributed by atoms with van der Waals surface area (Å²) in [6, 6.07) is 10.3. The van der Waals surface area contributed by atoms with E-state index in [-0.39, 0.29) is 11.2 Å². The number of nitrogens with zero attached hydrogens (tertiary/aromatic N) is 5. The van der Waals surface area contributed by atoms with E-state index in [2.05, 4.69) is 27.2 Å². The maximum absolute atomic E-state index is 12.8. The summed E-state index contributed by atoms with van der Waals surface area (Å²) in [5.74, 6) is 0.156. The largest absolute Gasteiger partial charge is 0.383 e. The number of aromatic nitrogens is 3. The molecule has 1 fully saturated rings. The molecule has 3 rings (SSSR count). The lowest BCUT2D eigenvalue weighted by Crippen LogP contribution is -2.50. The van der Waals surface area contributed by atoms with Crippen molar-refractivity contribution in [2.45, 2.75) is 23.9 Å². The molecule has 2 aromatic rings. The van der Waals surface area contributed by atoms with Crippen molar-refractivity contribution in [2.75, 3.05) is 44.8 Å². The van der Waals surface area contributed by atoms with Crippen LogP contribution >= 0.6 is 11.8 Å². The van der Waals surface area contributed by atoms with E-state index in [1.165, 1.54) is 17.4 Å². The van der Waals surface area contributed by atoms with Gasteiger partial charge in [-0.2, -0.15) is 0 Å². The Morgan fingerprint density at radius 1 is 1.23 bits per heavy atom. The molecular formula is C18H25N5O2S. The summed E-state index contributed by atoms with van der Waals surface area (Å²) in [6.07, 6.45) is 1.68. The molecule has 1 aromatic heterocycles. The van der Waals surface area contributed by atoms with Crippen molar-refractivity contribution in [1.82, 2.24) is 19.7 Å². The number of hydrogen-bond acceptors (Lipinski definition) is 6. The van der Waals surface area contributed by atoms with Crippen LogP contribution in [0.5, 0.6) is 0 Å². The SMILES string of the molecule is COCCn1cnnc1SC(C)C(=O)N1CCN(c2ccccc2)CC1. The monoisotopic (exact) mass is 375 g/mol. The maximum atomic E-state index is 12.8. The van der Waals surface area contributed by atoms with Crippen LogP contribution in [0.15, 0.2) is 41.8 Å². The Kier molecular flexibility index (Phi) is 6.51. The second-order valence-corrected chi connectivity index (χ2v) is 7.52. The molecule has 8 heteroatoms. The van der Waals surface area contributed by atoms with Gasteiger partial charge in [0, 0.05) is 45.5 Å². The van der Waals surface area contributed by atoms with E-state index in [0.717, 1.165) is 31.3 Å². The number of carbonyl (C=O) groups excluding carboxylic acids is 1. The molecule has 1 aromatic carbocycles. The average Bonchev–Trinajstić information content (AvgIpc) is 3.13. The van der Waals surface area contributed by atoms with Gasteiger partial charge in [0.25, 0.3) is 0 Å². The first-order valence-corrected chi connectivity index (χ1v) is 9.69. The van der Waals surface area contributed by atoms with E-state index in [9.17, 15) is 4.79 Å². The Labute approximate surface area is 158 Å². The lowest BCUT2D eigenvalue weighted by atomic mass is 10.2. The van der Waals surface area contributed by atoms with Gasteiger partial charge < -0.3 is 19.1 Å². The first-order valence-electron chi connectivity index (χ1n) is 8.81. The van der Waals surface area contributed by atoms with Crippen LogP contribution in [-0.4, -0.2) is 70.7 Å². The molecule has 0 radical (unpaired) electrons. The first kappa shape index (κ1) is 18.7. The molecule has 0 N–H and O–H groups in total. The number of piperazine rings is 1. The summed E-state index contributed by atoms with van der Waals surface area (Å²) < 4.78 is 7.02. The van der Waals surface area contributed by atoms with E-state index in [4.69, 9.17) is 4.74 Å². The highest BCUT2D eigenvalue weighted by molar-refractivity contribution is 8.00. The van der Waals surface area contributed by atoms with Crippen molar-refractivity contribution in [2.24, 2.45) is 0 Å². The molecule has 26 heavy (non-hydrogen) atoms. The van der Waals surface area contributed by atoms with E-state index < -0.39 is 0 Å². The zero-order valence-corrected chi connectivity index (χ0v) is 16.1. The van der Waals surface area contributed by atoms with Gasteiger partial charge in [-0.15, -0.1) is 10.2 Å². The predicted molar refractivity (Wildman–Crippen MR) is 102 cm³/mol. The highest BCUT2D eigenvalue weighted by Crippen LogP contribution is 2.23. The number of carbonyl (C=O) groups is 1. The Morgan fingerprint density at radius 3 is 2.65 bits per heavy atom. The summed E-state index contributed by atoms with van der Waals surface area (Å²) in [6.45, 7) is 6.42. The minimum absolute atomic E-state index is 0.156. The second-order valence-electron chi connectivity index (χ2n) is 6.21. The highest BCUT2D eigenvalue weighted by atomic mass is 32.2. The Morgan fingerprint density at radius 2 is 1.96 bits per heavy atom. The predicted octanol–water partition coefficient (Wildman–Crippen LogP) is 1.75. The van der Waals surface area contributed by atoms with Gasteiger partial charge in [0.2, 0.25) is 5.91 Å². The molecule has 0 bridgehead atoms. The lowest BCUT2D eigenvalue weighted by molar-refractivity contribution is -0.130. The van der Waals surface area contributed by atoms with E-state index in [1.54, 1.807) is 13.4 Å². The number of thioether (sulfide) groups is 1. The van der Waals surface area contributed by atoms with Crippen LogP contribution in [0.1, 0.15) is 6.92 Å². The number of rotatable bonds is 7. The molecule has 0 spiro atoms. The van der Waals surface area contributed by atoms with E-state index in [1.807, 2.05) is 34.6 Å². The van der Waals surface area contributed by atoms with Crippen molar-refractivity contribution < 1.29 is 9.53 Å². The number of benzene rings is 1. The molecule has 7 nitrogen and oxygen atoms in total. The highest BCUT2D eigenvalue weighted by Gasteiger charge is 2.26. The fourth-order valence-electron chi connectivity index (χ4n) is 2.97. The van der Waals surface area contributed by atoms with Crippen molar-refractivity contribution in [3.63, 3.8) is 0 Å². The molecule has 2 heterocycles. The van der Waals surface area contributed by atoms with E-state index in [0.29, 0.717) is 13.2 Å². The van der Waals surface area contributed by atoms with Gasteiger partial charge in [-0.05, 0) is 19.1 Å². The molecule has 0 aliphatic carbocycles. The van der Waals surface area contributed by atoms with Gasteiger partial charge in [-0.25, -0.2) is 0 Å². The van der Waals surface area contributed by atoms with Crippen LogP contribution in [-0.2, 0) is 16.1 Å². The summed E-state index contributed by atoms with van der Waals surface area (Å²) in [7, 11) is 1.67. The van der Waals surface area contributed by atoms with Gasteiger partial charge in [-0.1, -0.05) is 30.0 Å². The van der Waals surface area contributed by atoms with Crippen molar-refractivity contribution in [1.29, 1.82) is 0 Å². The molecule has 1 amide bonds. The summed E-state index contributed by atoms with van der Waals surface area (Å²) in [5, 5.41) is 8.64. The number of hydrogen-bond donors (Lipinski definition) is 0. The van der Waals surface area contributed by atoms with Crippen molar-refractivity contribution >= 4 is 23.4 Å². The van der Waals surface area contributed by atoms with Crippen LogP contribution < -0.4 is 4.90 Å². The number of anilines is 1. The molecule has 1 unspecified atom stereocenters. The van der Waals surface area contributed by atoms with Gasteiger partial charge >= 0.3 is 0 Å². The van der Waals surface area contributed by atoms with Crippen LogP contribution in [0.3, 0.4) is 0 Å². The third kappa shape index (κ3) is 4.56. The normalized spacial score (nSPS) is 15.9. The zero-order valence-electron chi connectivity index (χ0n) is 15.2. The number of para-hydroxylation sites is 1. The average molecular weight is 375 g/mol. The van der Waals surface area contributed by atoms with Gasteiger partial charge in [0.15, 0.2) is 5.16 Å². The molecule has 0 saturated carbocycles. The van der Waals surface area contributed by atoms with Gasteiger partial charge in [0.05, 0.1) is 11.9 Å². The molecule has 1 saturated heterocycles. The fraction of sp³-hybridized carbons (Fsp3) is 0.500. The third-order valence-electron chi connectivity index (χ3n) is 4.46. The minimum atomic E-state index is -0.191. The van der Waals surface area contributed by atoms with Crippen LogP contribution in [0.4, 0.5) is 5.69 Å². The van der Waals surface area contributed by atoms with Gasteiger partial charge in [-0.3, -0.25) is 4.79 Å². The lowest BCUT2D eigenvalue weighted by Gasteiger charge is -2.37. The van der Waals surface area contributed by atoms with Crippen LogP contribution in [0.25, 0.3) is 0 Å².